The van der Waals surface area contributed by atoms with Crippen molar-refractivity contribution in [3.63, 3.8) is 0 Å². The van der Waals surface area contributed by atoms with Crippen LogP contribution in [-0.4, -0.2) is 24.1 Å². The maximum absolute atomic E-state index is 12.2. The number of esters is 2. The lowest BCUT2D eigenvalue weighted by Gasteiger charge is -2.28. The van der Waals surface area contributed by atoms with Crippen LogP contribution in [0.1, 0.15) is 55.1 Å². The zero-order chi connectivity index (χ0) is 17.6. The largest absolute Gasteiger partial charge is 0.462 e. The van der Waals surface area contributed by atoms with Crippen LogP contribution >= 0.6 is 0 Å². The Balaban J connectivity index is 2.65. The highest BCUT2D eigenvalue weighted by molar-refractivity contribution is 5.92. The van der Waals surface area contributed by atoms with Crippen LogP contribution in [-0.2, 0) is 14.3 Å². The van der Waals surface area contributed by atoms with Gasteiger partial charge in [0.2, 0.25) is 0 Å². The molecule has 4 heteroatoms. The minimum Gasteiger partial charge on any atom is -0.462 e. The summed E-state index contributed by atoms with van der Waals surface area (Å²) in [4.78, 5) is 23.9. The fourth-order valence-electron chi connectivity index (χ4n) is 2.18. The van der Waals surface area contributed by atoms with Gasteiger partial charge >= 0.3 is 11.9 Å². The van der Waals surface area contributed by atoms with E-state index in [0.717, 1.165) is 11.1 Å². The number of carbonyl (C=O) groups is 2. The molecule has 126 valence electrons. The van der Waals surface area contributed by atoms with Gasteiger partial charge in [-0.2, -0.15) is 0 Å². The first-order valence-electron chi connectivity index (χ1n) is 7.82. The average Bonchev–Trinajstić information content (AvgIpc) is 2.46. The molecule has 0 saturated heterocycles. The van der Waals surface area contributed by atoms with Crippen LogP contribution in [0.25, 0.3) is 0 Å². The van der Waals surface area contributed by atoms with Gasteiger partial charge in [0.15, 0.2) is 0 Å². The molecule has 0 amide bonds. The second-order valence-electron chi connectivity index (χ2n) is 6.13. The van der Waals surface area contributed by atoms with Crippen molar-refractivity contribution in [2.45, 2.75) is 53.1 Å². The molecule has 0 N–H and O–H groups in total. The Labute approximate surface area is 138 Å². The van der Waals surface area contributed by atoms with Crippen molar-refractivity contribution in [3.8, 4) is 0 Å². The van der Waals surface area contributed by atoms with Crippen LogP contribution in [0.5, 0.6) is 0 Å². The molecule has 0 aromatic heterocycles. The summed E-state index contributed by atoms with van der Waals surface area (Å²) >= 11 is 0. The molecule has 1 rings (SSSR count). The summed E-state index contributed by atoms with van der Waals surface area (Å²) in [7, 11) is 0. The summed E-state index contributed by atoms with van der Waals surface area (Å²) in [6.45, 7) is 12.9. The van der Waals surface area contributed by atoms with Crippen LogP contribution in [0, 0.1) is 13.8 Å². The van der Waals surface area contributed by atoms with E-state index in [4.69, 9.17) is 9.47 Å². The number of benzene rings is 1. The lowest BCUT2D eigenvalue weighted by atomic mass is 9.99. The van der Waals surface area contributed by atoms with E-state index in [-0.39, 0.29) is 12.6 Å². The maximum Gasteiger partial charge on any atom is 0.338 e. The Morgan fingerprint density at radius 1 is 1.22 bits per heavy atom. The third kappa shape index (κ3) is 5.23. The molecule has 0 spiro atoms. The van der Waals surface area contributed by atoms with E-state index in [1.165, 1.54) is 0 Å². The van der Waals surface area contributed by atoms with E-state index in [0.29, 0.717) is 24.0 Å². The predicted octanol–water partition coefficient (Wildman–Crippen LogP) is 4.14. The third-order valence-corrected chi connectivity index (χ3v) is 3.98. The lowest BCUT2D eigenvalue weighted by molar-refractivity contribution is -0.154. The Hall–Kier alpha value is -2.10. The molecule has 0 aliphatic heterocycles. The number of hydrogen-bond acceptors (Lipinski definition) is 4. The molecule has 0 saturated carbocycles. The summed E-state index contributed by atoms with van der Waals surface area (Å²) < 4.78 is 10.8. The minimum atomic E-state index is -0.670. The quantitative estimate of drug-likeness (QED) is 0.560. The van der Waals surface area contributed by atoms with Gasteiger partial charge in [0.25, 0.3) is 0 Å². The summed E-state index contributed by atoms with van der Waals surface area (Å²) in [5.74, 6) is -0.763. The molecule has 0 aliphatic carbocycles. The molecule has 0 radical (unpaired) electrons. The number of rotatable bonds is 7. The van der Waals surface area contributed by atoms with E-state index in [9.17, 15) is 9.59 Å². The molecule has 0 fully saturated rings. The first-order chi connectivity index (χ1) is 10.7. The predicted molar refractivity (Wildman–Crippen MR) is 90.4 cm³/mol. The van der Waals surface area contributed by atoms with Crippen molar-refractivity contribution in [1.29, 1.82) is 0 Å². The van der Waals surface area contributed by atoms with Gasteiger partial charge in [-0.1, -0.05) is 31.7 Å². The Kier molecular flexibility index (Phi) is 6.55. The molecular weight excluding hydrogens is 292 g/mol. The molecule has 0 bridgehead atoms. The monoisotopic (exact) mass is 318 g/mol. The van der Waals surface area contributed by atoms with Crippen molar-refractivity contribution in [2.24, 2.45) is 0 Å². The van der Waals surface area contributed by atoms with Crippen LogP contribution < -0.4 is 0 Å². The summed E-state index contributed by atoms with van der Waals surface area (Å²) in [5, 5.41) is 0. The molecular formula is C19H26O4. The van der Waals surface area contributed by atoms with Crippen molar-refractivity contribution < 1.29 is 19.1 Å². The highest BCUT2D eigenvalue weighted by Gasteiger charge is 2.27. The second kappa shape index (κ2) is 7.95. The van der Waals surface area contributed by atoms with E-state index in [2.05, 4.69) is 6.58 Å². The minimum absolute atomic E-state index is 0.195. The van der Waals surface area contributed by atoms with E-state index in [1.807, 2.05) is 45.9 Å². The molecule has 1 aromatic rings. The normalized spacial score (nSPS) is 13.1. The van der Waals surface area contributed by atoms with Crippen molar-refractivity contribution in [3.05, 3.63) is 47.0 Å². The summed E-state index contributed by atoms with van der Waals surface area (Å²) in [6, 6.07) is 5.68. The van der Waals surface area contributed by atoms with Crippen LogP contribution in [0.4, 0.5) is 0 Å². The van der Waals surface area contributed by atoms with Gasteiger partial charge in [0, 0.05) is 12.0 Å². The molecule has 23 heavy (non-hydrogen) atoms. The summed E-state index contributed by atoms with van der Waals surface area (Å²) in [6.07, 6.45) is 1.08. The van der Waals surface area contributed by atoms with Gasteiger partial charge in [-0.05, 0) is 45.2 Å². The van der Waals surface area contributed by atoms with Gasteiger partial charge < -0.3 is 9.47 Å². The van der Waals surface area contributed by atoms with Crippen LogP contribution in [0.2, 0.25) is 0 Å². The molecule has 0 heterocycles. The molecule has 1 unspecified atom stereocenters. The molecule has 1 atom stereocenters. The molecule has 4 nitrogen and oxygen atoms in total. The number of hydrogen-bond donors (Lipinski definition) is 0. The smallest absolute Gasteiger partial charge is 0.338 e. The number of ether oxygens (including phenoxy) is 2. The number of carbonyl (C=O) groups excluding carboxylic acids is 2. The average molecular weight is 318 g/mol. The maximum atomic E-state index is 12.2. The van der Waals surface area contributed by atoms with Gasteiger partial charge in [-0.25, -0.2) is 9.59 Å². The zero-order valence-electron chi connectivity index (χ0n) is 14.7. The van der Waals surface area contributed by atoms with Gasteiger partial charge in [0.05, 0.1) is 12.2 Å². The first-order valence-corrected chi connectivity index (χ1v) is 7.82. The van der Waals surface area contributed by atoms with E-state index >= 15 is 0 Å². The van der Waals surface area contributed by atoms with Crippen molar-refractivity contribution in [1.82, 2.24) is 0 Å². The SMILES string of the molecule is C=C(C)C(=O)OC(C)(CC)CCOC(=O)c1c(C)cccc1C. The van der Waals surface area contributed by atoms with Crippen molar-refractivity contribution in [2.75, 3.05) is 6.61 Å². The van der Waals surface area contributed by atoms with Gasteiger partial charge in [-0.3, -0.25) is 0 Å². The lowest BCUT2D eigenvalue weighted by Crippen LogP contribution is -2.33. The topological polar surface area (TPSA) is 52.6 Å². The third-order valence-electron chi connectivity index (χ3n) is 3.98. The highest BCUT2D eigenvalue weighted by atomic mass is 16.6. The van der Waals surface area contributed by atoms with Gasteiger partial charge in [0.1, 0.15) is 5.60 Å². The fourth-order valence-corrected chi connectivity index (χ4v) is 2.18. The van der Waals surface area contributed by atoms with Crippen LogP contribution in [0.15, 0.2) is 30.4 Å². The van der Waals surface area contributed by atoms with E-state index < -0.39 is 11.6 Å². The first kappa shape index (κ1) is 18.9. The van der Waals surface area contributed by atoms with Crippen molar-refractivity contribution >= 4 is 11.9 Å². The standard InChI is InChI=1S/C19H26O4/c1-7-19(6,23-17(20)13(2)3)11-12-22-18(21)16-14(4)9-8-10-15(16)5/h8-10H,2,7,11-12H2,1,3-6H3. The molecule has 1 aromatic carbocycles. The Morgan fingerprint density at radius 2 is 1.78 bits per heavy atom. The van der Waals surface area contributed by atoms with E-state index in [1.54, 1.807) is 6.92 Å². The second-order valence-corrected chi connectivity index (χ2v) is 6.13. The summed E-state index contributed by atoms with van der Waals surface area (Å²) in [5.41, 5.74) is 2.07. The highest BCUT2D eigenvalue weighted by Crippen LogP contribution is 2.22. The van der Waals surface area contributed by atoms with Crippen LogP contribution in [0.3, 0.4) is 0 Å². The molecule has 0 aliphatic rings. The Bertz CT molecular complexity index is 583. The Morgan fingerprint density at radius 3 is 2.26 bits per heavy atom. The van der Waals surface area contributed by atoms with Gasteiger partial charge in [-0.15, -0.1) is 0 Å². The number of aryl methyl sites for hydroxylation is 2. The fraction of sp³-hybridized carbons (Fsp3) is 0.474. The zero-order valence-corrected chi connectivity index (χ0v) is 14.7.